The van der Waals surface area contributed by atoms with Crippen LogP contribution in [-0.2, 0) is 26.8 Å². The molecule has 6 N–H and O–H groups in total. The van der Waals surface area contributed by atoms with Gasteiger partial charge in [0.05, 0.1) is 21.7 Å². The van der Waals surface area contributed by atoms with Crippen LogP contribution in [0.1, 0.15) is 30.9 Å². The molecule has 3 aromatic rings. The van der Waals surface area contributed by atoms with Gasteiger partial charge in [0, 0.05) is 18.4 Å². The first-order valence-corrected chi connectivity index (χ1v) is 14.3. The second kappa shape index (κ2) is 12.9. The fraction of sp³-hybridized carbons (Fsp3) is 0.300. The highest BCUT2D eigenvalue weighted by Crippen LogP contribution is 2.37. The highest BCUT2D eigenvalue weighted by atomic mass is 32.2. The highest BCUT2D eigenvalue weighted by molar-refractivity contribution is 7.84. The van der Waals surface area contributed by atoms with E-state index < -0.39 is 34.1 Å². The molecule has 0 radical (unpaired) electrons. The van der Waals surface area contributed by atoms with Crippen LogP contribution >= 0.6 is 0 Å². The van der Waals surface area contributed by atoms with Crippen LogP contribution in [0.5, 0.6) is 5.75 Å². The summed E-state index contributed by atoms with van der Waals surface area (Å²) in [6.07, 6.45) is 3.18. The van der Waals surface area contributed by atoms with Crippen molar-refractivity contribution in [3.05, 3.63) is 83.9 Å². The Kier molecular flexibility index (Phi) is 9.83. The van der Waals surface area contributed by atoms with E-state index in [1.54, 1.807) is 35.4 Å². The summed E-state index contributed by atoms with van der Waals surface area (Å²) in [5, 5.41) is 17.4. The Morgan fingerprint density at radius 3 is 2.38 bits per heavy atom. The van der Waals surface area contributed by atoms with E-state index in [4.69, 9.17) is 15.9 Å². The number of likely N-dealkylation sites (tertiary alicyclic amines) is 1. The largest absolute Gasteiger partial charge is 0.490 e. The predicted molar refractivity (Wildman–Crippen MR) is 155 cm³/mol. The van der Waals surface area contributed by atoms with Gasteiger partial charge in [-0.2, -0.15) is 0 Å². The van der Waals surface area contributed by atoms with Crippen LogP contribution in [-0.4, -0.2) is 62.9 Å². The molecule has 0 aromatic heterocycles. The molecule has 3 atom stereocenters. The molecule has 1 aliphatic rings. The lowest BCUT2D eigenvalue weighted by Gasteiger charge is -2.25. The Morgan fingerprint density at radius 2 is 1.77 bits per heavy atom. The number of ether oxygens (including phenoxy) is 1. The Bertz CT molecular complexity index is 1400. The van der Waals surface area contributed by atoms with Crippen LogP contribution in [0.3, 0.4) is 0 Å². The van der Waals surface area contributed by atoms with Crippen molar-refractivity contribution in [3.63, 3.8) is 0 Å². The minimum Gasteiger partial charge on any atom is -0.490 e. The molecule has 4 rings (SSSR count). The molecule has 10 heteroatoms. The van der Waals surface area contributed by atoms with E-state index in [1.807, 2.05) is 48.5 Å². The van der Waals surface area contributed by atoms with Gasteiger partial charge in [-0.3, -0.25) is 19.2 Å². The third-order valence-corrected chi connectivity index (χ3v) is 8.15. The van der Waals surface area contributed by atoms with Gasteiger partial charge in [0.25, 0.3) is 0 Å². The molecule has 212 valence electrons. The zero-order valence-corrected chi connectivity index (χ0v) is 23.4. The average Bonchev–Trinajstić information content (AvgIpc) is 3.18. The SMILES string of the molecule is CS(=O)c1cc(-c2ccc(C(=N)N)cc2)ccc1OC[C@@H]1C[C@](C)(C(=O)O)C(=O)N1CCCc1ccccc1.O. The summed E-state index contributed by atoms with van der Waals surface area (Å²) in [7, 11) is -1.36. The number of hydrogen-bond acceptors (Lipinski definition) is 5. The molecular formula is C30H35N3O6S. The number of nitrogens with one attached hydrogen (secondary N) is 1. The highest BCUT2D eigenvalue weighted by Gasteiger charge is 2.53. The molecule has 1 amide bonds. The molecule has 9 nitrogen and oxygen atoms in total. The Morgan fingerprint density at radius 1 is 1.12 bits per heavy atom. The van der Waals surface area contributed by atoms with Crippen molar-refractivity contribution in [2.24, 2.45) is 11.1 Å². The van der Waals surface area contributed by atoms with Gasteiger partial charge in [-0.25, -0.2) is 0 Å². The number of nitrogens with two attached hydrogens (primary N) is 1. The minimum absolute atomic E-state index is 0. The van der Waals surface area contributed by atoms with Gasteiger partial charge in [0.2, 0.25) is 5.91 Å². The number of amidine groups is 1. The summed E-state index contributed by atoms with van der Waals surface area (Å²) in [6, 6.07) is 22.1. The monoisotopic (exact) mass is 565 g/mol. The molecule has 0 saturated carbocycles. The van der Waals surface area contributed by atoms with E-state index in [1.165, 1.54) is 6.92 Å². The zero-order chi connectivity index (χ0) is 28.2. The van der Waals surface area contributed by atoms with E-state index in [9.17, 15) is 18.9 Å². The molecule has 40 heavy (non-hydrogen) atoms. The van der Waals surface area contributed by atoms with Gasteiger partial charge in [-0.05, 0) is 55.0 Å². The van der Waals surface area contributed by atoms with Crippen molar-refractivity contribution in [2.75, 3.05) is 19.4 Å². The maximum absolute atomic E-state index is 13.2. The number of aliphatic carboxylic acids is 1. The normalized spacial score (nSPS) is 19.1. The van der Waals surface area contributed by atoms with Crippen LogP contribution in [0.25, 0.3) is 11.1 Å². The van der Waals surface area contributed by atoms with Gasteiger partial charge in [-0.1, -0.05) is 60.7 Å². The zero-order valence-electron chi connectivity index (χ0n) is 22.6. The quantitative estimate of drug-likeness (QED) is 0.183. The van der Waals surface area contributed by atoms with Gasteiger partial charge in [-0.15, -0.1) is 0 Å². The molecule has 0 aliphatic carbocycles. The number of nitrogens with zero attached hydrogens (tertiary/aromatic N) is 1. The van der Waals surface area contributed by atoms with Crippen molar-refractivity contribution in [1.82, 2.24) is 4.90 Å². The van der Waals surface area contributed by atoms with Crippen LogP contribution < -0.4 is 10.5 Å². The molecule has 1 unspecified atom stereocenters. The number of carbonyl (C=O) groups is 2. The summed E-state index contributed by atoms with van der Waals surface area (Å²) < 4.78 is 18.7. The first-order valence-electron chi connectivity index (χ1n) is 12.7. The minimum atomic E-state index is -1.51. The number of benzene rings is 3. The summed E-state index contributed by atoms with van der Waals surface area (Å²) in [4.78, 5) is 27.3. The number of carboxylic acids is 1. The number of carbonyl (C=O) groups excluding carboxylic acids is 1. The first kappa shape index (κ1) is 30.5. The van der Waals surface area contributed by atoms with E-state index in [2.05, 4.69) is 0 Å². The third-order valence-electron chi connectivity index (χ3n) is 7.21. The molecule has 1 heterocycles. The topological polar surface area (TPSA) is 165 Å². The predicted octanol–water partition coefficient (Wildman–Crippen LogP) is 3.25. The number of aryl methyl sites for hydroxylation is 1. The summed E-state index contributed by atoms with van der Waals surface area (Å²) in [6.45, 7) is 1.99. The van der Waals surface area contributed by atoms with Crippen molar-refractivity contribution in [1.29, 1.82) is 5.41 Å². The van der Waals surface area contributed by atoms with Crippen molar-refractivity contribution in [2.45, 2.75) is 37.1 Å². The number of rotatable bonds is 11. The maximum Gasteiger partial charge on any atom is 0.319 e. The van der Waals surface area contributed by atoms with E-state index in [0.29, 0.717) is 29.2 Å². The molecule has 1 saturated heterocycles. The van der Waals surface area contributed by atoms with E-state index >= 15 is 0 Å². The molecular weight excluding hydrogens is 530 g/mol. The number of amides is 1. The molecule has 1 fully saturated rings. The standard InChI is InChI=1S/C30H33N3O5S.H2O/c1-30(29(35)36)18-24(33(28(30)34)16-6-9-20-7-4-3-5-8-20)19-38-25-15-14-23(17-26(25)39(2)37)21-10-12-22(13-11-21)27(31)32;/h3-5,7-8,10-15,17,24H,6,9,16,18-19H2,1-2H3,(H3,31,32)(H,35,36);1H2/t24-,30-,39?;/m0./s1. The van der Waals surface area contributed by atoms with Crippen LogP contribution in [0.2, 0.25) is 0 Å². The van der Waals surface area contributed by atoms with Gasteiger partial charge in [0.1, 0.15) is 23.6 Å². The average molecular weight is 566 g/mol. The third kappa shape index (κ3) is 6.57. The number of carboxylic acid groups (broad SMARTS) is 1. The van der Waals surface area contributed by atoms with E-state index in [0.717, 1.165) is 23.1 Å². The van der Waals surface area contributed by atoms with Crippen LogP contribution in [0, 0.1) is 10.8 Å². The van der Waals surface area contributed by atoms with Gasteiger partial charge < -0.3 is 26.0 Å². The first-order chi connectivity index (χ1) is 18.6. The number of nitrogen functional groups attached to an aromatic ring is 1. The fourth-order valence-corrected chi connectivity index (χ4v) is 5.62. The fourth-order valence-electron chi connectivity index (χ4n) is 4.92. The Balaban J connectivity index is 0.00000441. The molecule has 3 aromatic carbocycles. The Labute approximate surface area is 236 Å². The second-order valence-corrected chi connectivity index (χ2v) is 11.3. The molecule has 0 spiro atoms. The molecule has 0 bridgehead atoms. The van der Waals surface area contributed by atoms with Crippen molar-refractivity contribution >= 4 is 28.5 Å². The van der Waals surface area contributed by atoms with Crippen LogP contribution in [0.4, 0.5) is 0 Å². The Hall–Kier alpha value is -4.02. The summed E-state index contributed by atoms with van der Waals surface area (Å²) in [5.41, 5.74) is 7.52. The summed E-state index contributed by atoms with van der Waals surface area (Å²) in [5.74, 6) is -1.13. The van der Waals surface area contributed by atoms with Gasteiger partial charge >= 0.3 is 5.97 Å². The van der Waals surface area contributed by atoms with Gasteiger partial charge in [0.15, 0.2) is 0 Å². The van der Waals surface area contributed by atoms with E-state index in [-0.39, 0.29) is 24.3 Å². The second-order valence-electron chi connectivity index (χ2n) is 10.0. The lowest BCUT2D eigenvalue weighted by molar-refractivity contribution is -0.155. The number of hydrogen-bond donors (Lipinski definition) is 3. The smallest absolute Gasteiger partial charge is 0.319 e. The van der Waals surface area contributed by atoms with Crippen LogP contribution in [0.15, 0.2) is 77.7 Å². The summed E-state index contributed by atoms with van der Waals surface area (Å²) >= 11 is 0. The molecule has 1 aliphatic heterocycles. The lowest BCUT2D eigenvalue weighted by Crippen LogP contribution is -2.41. The van der Waals surface area contributed by atoms with Crippen molar-refractivity contribution in [3.8, 4) is 16.9 Å². The maximum atomic E-state index is 13.2. The lowest BCUT2D eigenvalue weighted by atomic mass is 9.87. The van der Waals surface area contributed by atoms with Crippen molar-refractivity contribution < 1.29 is 29.1 Å².